The van der Waals surface area contributed by atoms with Crippen molar-refractivity contribution in [2.45, 2.75) is 116 Å². The van der Waals surface area contributed by atoms with E-state index in [2.05, 4.69) is 383 Å². The van der Waals surface area contributed by atoms with Crippen molar-refractivity contribution >= 4 is 125 Å². The van der Waals surface area contributed by atoms with E-state index in [-0.39, 0.29) is 32.5 Å². The van der Waals surface area contributed by atoms with E-state index < -0.39 is 7.12 Å². The molecule has 15 aromatic rings. The molecule has 0 saturated carbocycles. The maximum absolute atomic E-state index is 8.58. The zero-order valence-corrected chi connectivity index (χ0v) is 72.3. The second-order valence-corrected chi connectivity index (χ2v) is 51.5. The molecule has 8 heteroatoms. The summed E-state index contributed by atoms with van der Waals surface area (Å²) in [6.07, 6.45) is 0. The summed E-state index contributed by atoms with van der Waals surface area (Å²) in [6.45, 7) is 29.1. The normalized spacial score (nSPS) is 15.8. The predicted octanol–water partition coefficient (Wildman–Crippen LogP) is 24.8. The Hall–Kier alpha value is -7.53. The van der Waals surface area contributed by atoms with Gasteiger partial charge in [0.05, 0.1) is 0 Å². The van der Waals surface area contributed by atoms with E-state index in [4.69, 9.17) is 10.0 Å². The average Bonchev–Trinajstić information content (AvgIpc) is 1.53. The molecule has 108 heavy (non-hydrogen) atoms. The maximum Gasteiger partial charge on any atom is 0.488 e. The monoisotopic (exact) mass is 1860 g/mol. The van der Waals surface area contributed by atoms with Crippen LogP contribution in [0.5, 0.6) is 0 Å². The minimum absolute atomic E-state index is 0.0867. The largest absolute Gasteiger partial charge is 0.488 e. The van der Waals surface area contributed by atoms with E-state index >= 15 is 0 Å². The predicted molar refractivity (Wildman–Crippen MR) is 479 cm³/mol. The molecule has 0 spiro atoms. The topological polar surface area (TPSA) is 40.5 Å². The molecule has 0 aliphatic heterocycles. The van der Waals surface area contributed by atoms with Gasteiger partial charge in [-0.25, -0.2) is 0 Å². The Bertz CT molecular complexity index is 5990. The molecule has 0 unspecified atom stereocenters. The summed E-state index contributed by atoms with van der Waals surface area (Å²) in [4.78, 5) is 0. The number of benzene rings is 15. The summed E-state index contributed by atoms with van der Waals surface area (Å²) in [5.41, 5.74) is 39.1. The Morgan fingerprint density at radius 3 is 0.704 bits per heavy atom. The zero-order chi connectivity index (χ0) is 75.2. The van der Waals surface area contributed by atoms with Gasteiger partial charge in [0.25, 0.3) is 0 Å². The van der Waals surface area contributed by atoms with Gasteiger partial charge in [-0.1, -0.05) is 303 Å². The van der Waals surface area contributed by atoms with Crippen LogP contribution in [-0.2, 0) is 32.5 Å². The van der Waals surface area contributed by atoms with E-state index in [9.17, 15) is 0 Å². The first kappa shape index (κ1) is 72.0. The number of halogens is 5. The van der Waals surface area contributed by atoms with Crippen LogP contribution in [-0.4, -0.2) is 17.2 Å². The van der Waals surface area contributed by atoms with Gasteiger partial charge in [0.2, 0.25) is 0 Å². The first-order chi connectivity index (χ1) is 51.7. The van der Waals surface area contributed by atoms with Crippen LogP contribution in [0.2, 0.25) is 0 Å². The van der Waals surface area contributed by atoms with Crippen molar-refractivity contribution in [3.8, 4) is 89.0 Å². The standard InChI is InChI=1S/C53H42.C41H32Br2.C6H7BO2.I3/c1-51(2)43-29-41-45(52(3,4)47-25-37(31-17-9-7-10-18-31)33-21-13-15-23-35(33)49(41)47)27-39(43)40-28-46-42(30-44(40)51)50-36-24-16-14-22-34(36)38(26-48(50)53(46,5)6)32-19-11-8-12-20-32;1-39(2)29-17-27-31(40(3,4)33-19-35(42)21-11-7-9-13-23(21)37(27)33)15-25(29)26-16-32-28(18-30(26)39)38-24-14-10-8-12-22(24)36(43)20-34(38)41(32,5)6;8-7(9)6-4-2-1-3-5-6;1-3-2/h7-30H,1-6H3;7-20H,1-6H3;1-5,8-9H;/q;;;-1. The van der Waals surface area contributed by atoms with E-state index in [0.717, 1.165) is 0 Å². The average molecular weight is 1870 g/mol. The maximum atomic E-state index is 8.58. The van der Waals surface area contributed by atoms with E-state index in [1.54, 1.807) is 24.3 Å². The van der Waals surface area contributed by atoms with Crippen LogP contribution in [0.25, 0.3) is 132 Å². The number of rotatable bonds is 3. The van der Waals surface area contributed by atoms with Gasteiger partial charge in [-0.3, -0.25) is 0 Å². The minimum atomic E-state index is -1.34. The van der Waals surface area contributed by atoms with Gasteiger partial charge in [0, 0.05) is 41.4 Å². The van der Waals surface area contributed by atoms with Crippen LogP contribution in [0.1, 0.15) is 150 Å². The Morgan fingerprint density at radius 2 is 0.435 bits per heavy atom. The van der Waals surface area contributed by atoms with Gasteiger partial charge in [0.15, 0.2) is 0 Å². The molecule has 0 bridgehead atoms. The summed E-state index contributed by atoms with van der Waals surface area (Å²) < 4.78 is 2.36. The van der Waals surface area contributed by atoms with Gasteiger partial charge in [-0.15, -0.1) is 0 Å². The van der Waals surface area contributed by atoms with Gasteiger partial charge in [-0.05, 0) is 277 Å². The quantitative estimate of drug-likeness (QED) is 0.137. The third-order valence-electron chi connectivity index (χ3n) is 25.7. The summed E-state index contributed by atoms with van der Waals surface area (Å²) in [5, 5.41) is 27.7. The fraction of sp³-hybridized carbons (Fsp3) is 0.180. The molecule has 6 aliphatic rings. The van der Waals surface area contributed by atoms with Crippen molar-refractivity contribution in [2.75, 3.05) is 0 Å². The van der Waals surface area contributed by atoms with Gasteiger partial charge in [-0.2, -0.15) is 0 Å². The molecule has 0 heterocycles. The molecule has 15 aromatic carbocycles. The third-order valence-corrected chi connectivity index (χ3v) is 27.0. The molecule has 2 N–H and O–H groups in total. The van der Waals surface area contributed by atoms with E-state index in [1.165, 1.54) is 208 Å². The second-order valence-electron chi connectivity index (χ2n) is 33.5. The first-order valence-corrected chi connectivity index (χ1v) is 51.6. The fourth-order valence-corrected chi connectivity index (χ4v) is 21.2. The Kier molecular flexibility index (Phi) is 17.4. The van der Waals surface area contributed by atoms with Crippen LogP contribution in [0.3, 0.4) is 0 Å². The molecule has 2 nitrogen and oxygen atoms in total. The Balaban J connectivity index is 0.000000134. The first-order valence-electron chi connectivity index (χ1n) is 37.4. The van der Waals surface area contributed by atoms with Crippen molar-refractivity contribution in [1.29, 1.82) is 0 Å². The van der Waals surface area contributed by atoms with Gasteiger partial charge in [0.1, 0.15) is 0 Å². The van der Waals surface area contributed by atoms with Crippen LogP contribution >= 0.6 is 69.1 Å². The molecule has 0 amide bonds. The molecule has 21 rings (SSSR count). The molecule has 0 fully saturated rings. The van der Waals surface area contributed by atoms with E-state index in [0.29, 0.717) is 18.7 Å². The second kappa shape index (κ2) is 26.0. The van der Waals surface area contributed by atoms with Gasteiger partial charge < -0.3 is 10.0 Å². The molecule has 532 valence electrons. The summed E-state index contributed by atoms with van der Waals surface area (Å²) in [7, 11) is -1.34. The minimum Gasteiger partial charge on any atom is -0.423 e. The van der Waals surface area contributed by atoms with Crippen molar-refractivity contribution in [3.63, 3.8) is 0 Å². The molecule has 0 aromatic heterocycles. The number of fused-ring (bicyclic) bond motifs is 26. The van der Waals surface area contributed by atoms with Crippen LogP contribution in [0.4, 0.5) is 0 Å². The Morgan fingerprint density at radius 1 is 0.241 bits per heavy atom. The molecule has 6 aliphatic carbocycles. The fourth-order valence-electron chi connectivity index (χ4n) is 20.0. The molecular weight excluding hydrogens is 1780 g/mol. The third kappa shape index (κ3) is 10.6. The summed E-state index contributed by atoms with van der Waals surface area (Å²) in [5.74, 6) is 0. The number of hydrogen-bond donors (Lipinski definition) is 2. The zero-order valence-electron chi connectivity index (χ0n) is 62.7. The van der Waals surface area contributed by atoms with Crippen LogP contribution in [0, 0.1) is 0 Å². The SMILES string of the molecule is CC1(C)c2cc3c(cc2-c2cc4c(cc21)-c1c(cc(-c2ccccc2)c2ccccc12)C4(C)C)C(C)(C)c1cc(-c2ccccc2)c2ccccc2c1-3.CC1(C)c2cc3c(cc2-c2cc4c(cc21)-c1c(cc(Br)c2ccccc12)C4(C)C)C(C)(C)c1cc(Br)c2ccccc2c1-3.I[I-]I.OB(O)c1ccccc1. The number of hydrogen-bond acceptors (Lipinski definition) is 2. The van der Waals surface area contributed by atoms with Crippen molar-refractivity contribution in [3.05, 3.63) is 337 Å². The van der Waals surface area contributed by atoms with E-state index in [1.807, 2.05) is 6.07 Å². The van der Waals surface area contributed by atoms with Crippen molar-refractivity contribution in [1.82, 2.24) is 0 Å². The smallest absolute Gasteiger partial charge is 0.423 e. The molecular formula is C100H81BBr2I3O2-. The van der Waals surface area contributed by atoms with Crippen LogP contribution in [0.15, 0.2) is 270 Å². The van der Waals surface area contributed by atoms with Gasteiger partial charge >= 0.3 is 57.6 Å². The van der Waals surface area contributed by atoms with Crippen molar-refractivity contribution < 1.29 is 23.3 Å². The van der Waals surface area contributed by atoms with Crippen molar-refractivity contribution in [2.24, 2.45) is 0 Å². The molecule has 0 atom stereocenters. The summed E-state index contributed by atoms with van der Waals surface area (Å²) >= 11 is 13.1. The van der Waals surface area contributed by atoms with Crippen LogP contribution < -0.4 is 18.7 Å². The molecule has 0 radical (unpaired) electrons. The Labute approximate surface area is 681 Å². The summed E-state index contributed by atoms with van der Waals surface area (Å²) in [6, 6.07) is 96.6. The molecule has 0 saturated heterocycles.